The quantitative estimate of drug-likeness (QED) is 0.670. The third kappa shape index (κ3) is 4.35. The minimum Gasteiger partial charge on any atom is -0.340 e. The van der Waals surface area contributed by atoms with Gasteiger partial charge in [0, 0.05) is 32.6 Å². The minimum absolute atomic E-state index is 0.0437. The summed E-state index contributed by atoms with van der Waals surface area (Å²) in [6, 6.07) is 6.67. The van der Waals surface area contributed by atoms with E-state index in [4.69, 9.17) is 0 Å². The second-order valence-corrected chi connectivity index (χ2v) is 10.2. The highest BCUT2D eigenvalue weighted by Gasteiger charge is 2.35. The standard InChI is InChI=1S/C21H27N5O4S/c1-16-5-7-19(8-6-16)31(29,30)13-3-4-20(27)23-9-11-24(12-10-23)25-15-18-14-22-17(2)26(18)21(25)28/h5-8,14H,3-4,9-13,15H2,1-2H3. The predicted octanol–water partition coefficient (Wildman–Crippen LogP) is 1.60. The van der Waals surface area contributed by atoms with Gasteiger partial charge in [-0.1, -0.05) is 17.7 Å². The average molecular weight is 446 g/mol. The van der Waals surface area contributed by atoms with Crippen molar-refractivity contribution >= 4 is 21.8 Å². The van der Waals surface area contributed by atoms with Crippen LogP contribution in [0.25, 0.3) is 0 Å². The van der Waals surface area contributed by atoms with Crippen molar-refractivity contribution < 1.29 is 18.0 Å². The highest BCUT2D eigenvalue weighted by molar-refractivity contribution is 7.91. The number of hydrogen-bond donors (Lipinski definition) is 0. The molecule has 2 aliphatic rings. The third-order valence-electron chi connectivity index (χ3n) is 5.87. The molecule has 1 saturated heterocycles. The lowest BCUT2D eigenvalue weighted by molar-refractivity contribution is -0.135. The molecule has 0 bridgehead atoms. The Morgan fingerprint density at radius 1 is 1.06 bits per heavy atom. The maximum absolute atomic E-state index is 12.6. The fourth-order valence-corrected chi connectivity index (χ4v) is 5.35. The highest BCUT2D eigenvalue weighted by atomic mass is 32.2. The van der Waals surface area contributed by atoms with Gasteiger partial charge in [-0.25, -0.2) is 27.8 Å². The van der Waals surface area contributed by atoms with Gasteiger partial charge in [-0.15, -0.1) is 0 Å². The lowest BCUT2D eigenvalue weighted by atomic mass is 10.2. The van der Waals surface area contributed by atoms with Gasteiger partial charge in [0.1, 0.15) is 5.82 Å². The van der Waals surface area contributed by atoms with Gasteiger partial charge in [-0.05, 0) is 32.4 Å². The Bertz CT molecular complexity index is 1090. The first-order valence-corrected chi connectivity index (χ1v) is 12.1. The smallest absolute Gasteiger partial charge is 0.340 e. The van der Waals surface area contributed by atoms with Gasteiger partial charge in [0.15, 0.2) is 9.84 Å². The number of rotatable bonds is 6. The Balaban J connectivity index is 1.24. The van der Waals surface area contributed by atoms with Crippen molar-refractivity contribution in [3.8, 4) is 0 Å². The Morgan fingerprint density at radius 3 is 2.39 bits per heavy atom. The highest BCUT2D eigenvalue weighted by Crippen LogP contribution is 2.21. The second kappa shape index (κ2) is 8.43. The number of benzene rings is 1. The van der Waals surface area contributed by atoms with Crippen molar-refractivity contribution in [2.24, 2.45) is 0 Å². The number of aromatic nitrogens is 2. The van der Waals surface area contributed by atoms with Crippen LogP contribution in [0.4, 0.5) is 4.79 Å². The zero-order valence-electron chi connectivity index (χ0n) is 17.8. The van der Waals surface area contributed by atoms with Gasteiger partial charge in [0.05, 0.1) is 29.1 Å². The first kappa shape index (κ1) is 21.5. The summed E-state index contributed by atoms with van der Waals surface area (Å²) in [5, 5.41) is 3.68. The number of hydrazine groups is 1. The van der Waals surface area contributed by atoms with Gasteiger partial charge >= 0.3 is 6.03 Å². The maximum atomic E-state index is 12.6. The number of aryl methyl sites for hydroxylation is 2. The molecule has 1 aromatic heterocycles. The maximum Gasteiger partial charge on any atom is 0.344 e. The van der Waals surface area contributed by atoms with E-state index in [1.807, 2.05) is 11.9 Å². The molecule has 166 valence electrons. The Labute approximate surface area is 182 Å². The molecule has 0 radical (unpaired) electrons. The van der Waals surface area contributed by atoms with Crippen LogP contribution in [0.1, 0.15) is 29.9 Å². The number of piperazine rings is 1. The van der Waals surface area contributed by atoms with Crippen molar-refractivity contribution in [1.82, 2.24) is 24.5 Å². The largest absolute Gasteiger partial charge is 0.344 e. The first-order chi connectivity index (χ1) is 14.8. The molecule has 10 heteroatoms. The molecule has 2 amide bonds. The van der Waals surface area contributed by atoms with Crippen molar-refractivity contribution in [3.05, 3.63) is 47.5 Å². The number of carbonyl (C=O) groups excluding carboxylic acids is 2. The zero-order valence-corrected chi connectivity index (χ0v) is 18.6. The molecule has 0 aliphatic carbocycles. The fourth-order valence-electron chi connectivity index (χ4n) is 4.04. The molecule has 1 fully saturated rings. The minimum atomic E-state index is -3.38. The van der Waals surface area contributed by atoms with E-state index in [0.29, 0.717) is 49.9 Å². The monoisotopic (exact) mass is 445 g/mol. The van der Waals surface area contributed by atoms with E-state index >= 15 is 0 Å². The van der Waals surface area contributed by atoms with Gasteiger partial charge < -0.3 is 4.90 Å². The zero-order chi connectivity index (χ0) is 22.2. The summed E-state index contributed by atoms with van der Waals surface area (Å²) in [6.45, 7) is 6.36. The number of fused-ring (bicyclic) bond motifs is 1. The van der Waals surface area contributed by atoms with Crippen LogP contribution in [-0.2, 0) is 21.2 Å². The van der Waals surface area contributed by atoms with Crippen LogP contribution in [0.15, 0.2) is 35.4 Å². The van der Waals surface area contributed by atoms with Crippen LogP contribution in [0, 0.1) is 13.8 Å². The molecular formula is C21H27N5O4S. The van der Waals surface area contributed by atoms with Gasteiger partial charge in [0.25, 0.3) is 0 Å². The number of sulfone groups is 1. The summed E-state index contributed by atoms with van der Waals surface area (Å²) in [5.74, 6) is 0.588. The van der Waals surface area contributed by atoms with E-state index in [0.717, 1.165) is 11.3 Å². The van der Waals surface area contributed by atoms with E-state index in [2.05, 4.69) is 4.98 Å². The van der Waals surface area contributed by atoms with Gasteiger partial charge in [-0.3, -0.25) is 9.80 Å². The molecule has 0 atom stereocenters. The molecule has 9 nitrogen and oxygen atoms in total. The Hall–Kier alpha value is -2.72. The Morgan fingerprint density at radius 2 is 1.74 bits per heavy atom. The molecule has 2 aromatic rings. The molecule has 31 heavy (non-hydrogen) atoms. The Kier molecular flexibility index (Phi) is 5.85. The normalized spacial score (nSPS) is 17.3. The van der Waals surface area contributed by atoms with Crippen LogP contribution in [0.5, 0.6) is 0 Å². The number of carbonyl (C=O) groups is 2. The van der Waals surface area contributed by atoms with Crippen LogP contribution < -0.4 is 0 Å². The van der Waals surface area contributed by atoms with Crippen molar-refractivity contribution in [3.63, 3.8) is 0 Å². The molecular weight excluding hydrogens is 418 g/mol. The number of amides is 2. The van der Waals surface area contributed by atoms with E-state index in [1.165, 1.54) is 0 Å². The second-order valence-electron chi connectivity index (χ2n) is 8.04. The summed E-state index contributed by atoms with van der Waals surface area (Å²) in [6.07, 6.45) is 2.21. The number of hydrogen-bond acceptors (Lipinski definition) is 6. The van der Waals surface area contributed by atoms with E-state index in [9.17, 15) is 18.0 Å². The number of imidazole rings is 1. The lowest BCUT2D eigenvalue weighted by Crippen LogP contribution is -2.55. The molecule has 0 N–H and O–H groups in total. The first-order valence-electron chi connectivity index (χ1n) is 10.4. The molecule has 1 aromatic carbocycles. The fraction of sp³-hybridized carbons (Fsp3) is 0.476. The molecule has 3 heterocycles. The van der Waals surface area contributed by atoms with Gasteiger partial charge in [-0.2, -0.15) is 0 Å². The molecule has 0 saturated carbocycles. The predicted molar refractivity (Wildman–Crippen MR) is 114 cm³/mol. The summed E-state index contributed by atoms with van der Waals surface area (Å²) in [5.41, 5.74) is 1.88. The molecule has 4 rings (SSSR count). The average Bonchev–Trinajstić information content (AvgIpc) is 3.28. The molecule has 2 aliphatic heterocycles. The molecule has 0 unspecified atom stereocenters. The molecule has 0 spiro atoms. The summed E-state index contributed by atoms with van der Waals surface area (Å²) in [4.78, 5) is 31.4. The summed E-state index contributed by atoms with van der Waals surface area (Å²) < 4.78 is 26.5. The van der Waals surface area contributed by atoms with E-state index < -0.39 is 9.84 Å². The van der Waals surface area contributed by atoms with Crippen LogP contribution >= 0.6 is 0 Å². The topological polar surface area (TPSA) is 95.8 Å². The SMILES string of the molecule is Cc1ccc(S(=O)(=O)CCCC(=O)N2CCN(N3Cc4cnc(C)n4C3=O)CC2)cc1. The van der Waals surface area contributed by atoms with E-state index in [-0.39, 0.29) is 24.1 Å². The van der Waals surface area contributed by atoms with E-state index in [1.54, 1.807) is 51.9 Å². The lowest BCUT2D eigenvalue weighted by Gasteiger charge is -2.38. The van der Waals surface area contributed by atoms with Crippen LogP contribution in [0.3, 0.4) is 0 Å². The summed E-state index contributed by atoms with van der Waals surface area (Å²) in [7, 11) is -3.38. The van der Waals surface area contributed by atoms with Crippen molar-refractivity contribution in [1.29, 1.82) is 0 Å². The third-order valence-corrected chi connectivity index (χ3v) is 7.69. The van der Waals surface area contributed by atoms with Gasteiger partial charge in [0.2, 0.25) is 5.91 Å². The van der Waals surface area contributed by atoms with Crippen molar-refractivity contribution in [2.45, 2.75) is 38.1 Å². The number of nitrogens with zero attached hydrogens (tertiary/aromatic N) is 5. The van der Waals surface area contributed by atoms with Crippen LogP contribution in [-0.4, -0.2) is 76.8 Å². The van der Waals surface area contributed by atoms with Crippen LogP contribution in [0.2, 0.25) is 0 Å². The summed E-state index contributed by atoms with van der Waals surface area (Å²) >= 11 is 0. The van der Waals surface area contributed by atoms with Crippen molar-refractivity contribution in [2.75, 3.05) is 31.9 Å².